The van der Waals surface area contributed by atoms with Crippen LogP contribution in [0.15, 0.2) is 29.4 Å². The van der Waals surface area contributed by atoms with Crippen molar-refractivity contribution < 1.29 is 14.5 Å². The van der Waals surface area contributed by atoms with Crippen LogP contribution in [0, 0.1) is 0 Å². The average Bonchev–Trinajstić information content (AvgIpc) is 2.59. The Balaban J connectivity index is 2.22. The fourth-order valence-electron chi connectivity index (χ4n) is 1.61. The van der Waals surface area contributed by atoms with E-state index < -0.39 is 0 Å². The SMILES string of the molecule is COc1ccc(/C=[N+]2/N=C([O-])CC2C)cc1. The molecule has 4 heteroatoms. The van der Waals surface area contributed by atoms with Gasteiger partial charge >= 0.3 is 0 Å². The van der Waals surface area contributed by atoms with Gasteiger partial charge in [0.05, 0.1) is 7.11 Å². The molecule has 1 atom stereocenters. The zero-order valence-corrected chi connectivity index (χ0v) is 9.38. The molecule has 1 aliphatic heterocycles. The van der Waals surface area contributed by atoms with Crippen LogP contribution in [0.25, 0.3) is 0 Å². The Morgan fingerprint density at radius 2 is 2.12 bits per heavy atom. The van der Waals surface area contributed by atoms with E-state index in [9.17, 15) is 5.11 Å². The minimum Gasteiger partial charge on any atom is -0.857 e. The van der Waals surface area contributed by atoms with E-state index >= 15 is 0 Å². The molecule has 0 aromatic heterocycles. The van der Waals surface area contributed by atoms with Crippen LogP contribution in [0.1, 0.15) is 18.9 Å². The van der Waals surface area contributed by atoms with Crippen molar-refractivity contribution in [1.29, 1.82) is 0 Å². The lowest BCUT2D eigenvalue weighted by Gasteiger charge is -1.99. The van der Waals surface area contributed by atoms with Crippen molar-refractivity contribution in [3.8, 4) is 5.75 Å². The van der Waals surface area contributed by atoms with Crippen LogP contribution in [0.4, 0.5) is 0 Å². The molecule has 84 valence electrons. The van der Waals surface area contributed by atoms with Crippen LogP contribution >= 0.6 is 0 Å². The van der Waals surface area contributed by atoms with Gasteiger partial charge in [-0.05, 0) is 29.4 Å². The van der Waals surface area contributed by atoms with E-state index in [1.165, 1.54) is 0 Å². The molecule has 1 heterocycles. The van der Waals surface area contributed by atoms with Gasteiger partial charge in [-0.25, -0.2) is 0 Å². The topological polar surface area (TPSA) is 47.7 Å². The highest BCUT2D eigenvalue weighted by Crippen LogP contribution is 2.11. The van der Waals surface area contributed by atoms with Crippen LogP contribution in [0.2, 0.25) is 0 Å². The average molecular weight is 218 g/mol. The lowest BCUT2D eigenvalue weighted by molar-refractivity contribution is -0.553. The molecule has 4 nitrogen and oxygen atoms in total. The Bertz CT molecular complexity index is 435. The summed E-state index contributed by atoms with van der Waals surface area (Å²) in [6.45, 7) is 1.98. The number of hydrogen-bond acceptors (Lipinski definition) is 3. The molecule has 0 aliphatic carbocycles. The van der Waals surface area contributed by atoms with E-state index in [1.807, 2.05) is 37.4 Å². The molecule has 0 spiro atoms. The highest BCUT2D eigenvalue weighted by atomic mass is 16.5. The Labute approximate surface area is 94.5 Å². The van der Waals surface area contributed by atoms with E-state index in [4.69, 9.17) is 4.74 Å². The number of hydrogen-bond donors (Lipinski definition) is 0. The molecule has 2 rings (SSSR count). The van der Waals surface area contributed by atoms with Crippen molar-refractivity contribution >= 4 is 12.1 Å². The number of ether oxygens (including phenoxy) is 1. The third-order valence-electron chi connectivity index (χ3n) is 2.55. The van der Waals surface area contributed by atoms with Crippen molar-refractivity contribution in [3.05, 3.63) is 29.8 Å². The quantitative estimate of drug-likeness (QED) is 0.682. The molecule has 0 bridgehead atoms. The first-order chi connectivity index (χ1) is 7.69. The highest BCUT2D eigenvalue weighted by Gasteiger charge is 2.21. The van der Waals surface area contributed by atoms with E-state index in [1.54, 1.807) is 11.8 Å². The molecule has 0 fully saturated rings. The van der Waals surface area contributed by atoms with Crippen LogP contribution in [-0.2, 0) is 0 Å². The first kappa shape index (κ1) is 10.7. The summed E-state index contributed by atoms with van der Waals surface area (Å²) < 4.78 is 6.78. The number of benzene rings is 1. The van der Waals surface area contributed by atoms with Gasteiger partial charge in [0.1, 0.15) is 5.75 Å². The third-order valence-corrected chi connectivity index (χ3v) is 2.55. The van der Waals surface area contributed by atoms with Gasteiger partial charge in [-0.2, -0.15) is 0 Å². The molecule has 0 saturated carbocycles. The van der Waals surface area contributed by atoms with Crippen LogP contribution < -0.4 is 9.84 Å². The summed E-state index contributed by atoms with van der Waals surface area (Å²) in [6, 6.07) is 7.78. The summed E-state index contributed by atoms with van der Waals surface area (Å²) in [6.07, 6.45) is 2.36. The van der Waals surface area contributed by atoms with Crippen LogP contribution in [0.3, 0.4) is 0 Å². The molecule has 1 aliphatic rings. The van der Waals surface area contributed by atoms with Crippen molar-refractivity contribution in [2.45, 2.75) is 19.4 Å². The molecule has 1 aromatic rings. The van der Waals surface area contributed by atoms with Crippen LogP contribution in [-0.4, -0.2) is 29.9 Å². The van der Waals surface area contributed by atoms with Crippen molar-refractivity contribution in [1.82, 2.24) is 0 Å². The summed E-state index contributed by atoms with van der Waals surface area (Å²) in [5.41, 5.74) is 1.01. The third kappa shape index (κ3) is 2.21. The molecular formula is C12H14N2O2. The Hall–Kier alpha value is -1.84. The lowest BCUT2D eigenvalue weighted by Crippen LogP contribution is -2.17. The Kier molecular flexibility index (Phi) is 2.90. The minimum absolute atomic E-state index is 0.0581. The van der Waals surface area contributed by atoms with Gasteiger partial charge in [-0.15, -0.1) is 0 Å². The molecule has 0 radical (unpaired) electrons. The largest absolute Gasteiger partial charge is 0.857 e. The number of hydrazone groups is 1. The van der Waals surface area contributed by atoms with E-state index in [0.717, 1.165) is 11.3 Å². The smallest absolute Gasteiger partial charge is 0.203 e. The summed E-state index contributed by atoms with van der Waals surface area (Å²) in [5, 5.41) is 15.0. The first-order valence-electron chi connectivity index (χ1n) is 5.21. The Morgan fingerprint density at radius 3 is 2.62 bits per heavy atom. The second-order valence-electron chi connectivity index (χ2n) is 3.83. The molecule has 0 amide bonds. The highest BCUT2D eigenvalue weighted by molar-refractivity contribution is 5.78. The van der Waals surface area contributed by atoms with Crippen LogP contribution in [0.5, 0.6) is 5.75 Å². The van der Waals surface area contributed by atoms with Gasteiger partial charge in [0, 0.05) is 24.8 Å². The lowest BCUT2D eigenvalue weighted by atomic mass is 10.2. The number of nitrogens with zero attached hydrogens (tertiary/aromatic N) is 2. The monoisotopic (exact) mass is 218 g/mol. The molecular weight excluding hydrogens is 204 g/mol. The van der Waals surface area contributed by atoms with Crippen molar-refractivity contribution in [2.75, 3.05) is 7.11 Å². The van der Waals surface area contributed by atoms with Gasteiger partial charge < -0.3 is 9.84 Å². The standard InChI is InChI=1S/C12H14N2O2/c1-9-7-12(15)13-14(9)8-10-3-5-11(16-2)6-4-10/h3-6,8-9H,7H2,1-2H3/b14-8+. The second kappa shape index (κ2) is 4.35. The van der Waals surface area contributed by atoms with Gasteiger partial charge in [-0.1, -0.05) is 4.68 Å². The second-order valence-corrected chi connectivity index (χ2v) is 3.83. The summed E-state index contributed by atoms with van der Waals surface area (Å²) in [4.78, 5) is 0. The van der Waals surface area contributed by atoms with Gasteiger partial charge in [0.25, 0.3) is 0 Å². The fourth-order valence-corrected chi connectivity index (χ4v) is 1.61. The maximum atomic E-state index is 11.1. The molecule has 1 aromatic carbocycles. The number of methoxy groups -OCH3 is 1. The van der Waals surface area contributed by atoms with E-state index in [2.05, 4.69) is 5.10 Å². The van der Waals surface area contributed by atoms with E-state index in [0.29, 0.717) is 6.42 Å². The summed E-state index contributed by atoms with van der Waals surface area (Å²) in [7, 11) is 1.63. The summed E-state index contributed by atoms with van der Waals surface area (Å²) in [5.74, 6) is 0.761. The molecule has 0 saturated heterocycles. The zero-order chi connectivity index (χ0) is 11.5. The van der Waals surface area contributed by atoms with Crippen molar-refractivity contribution in [2.24, 2.45) is 5.10 Å². The fraction of sp³-hybridized carbons (Fsp3) is 0.333. The number of rotatable bonds is 2. The van der Waals surface area contributed by atoms with Gasteiger partial charge in [0.2, 0.25) is 6.21 Å². The predicted octanol–water partition coefficient (Wildman–Crippen LogP) is 0.593. The normalized spacial score (nSPS) is 22.2. The van der Waals surface area contributed by atoms with Gasteiger partial charge in [0.15, 0.2) is 6.04 Å². The maximum Gasteiger partial charge on any atom is 0.203 e. The van der Waals surface area contributed by atoms with E-state index in [-0.39, 0.29) is 11.9 Å². The molecule has 0 N–H and O–H groups in total. The van der Waals surface area contributed by atoms with Gasteiger partial charge in [-0.3, -0.25) is 0 Å². The Morgan fingerprint density at radius 1 is 1.44 bits per heavy atom. The molecule has 16 heavy (non-hydrogen) atoms. The minimum atomic E-state index is -0.0581. The zero-order valence-electron chi connectivity index (χ0n) is 9.38. The summed E-state index contributed by atoms with van der Waals surface area (Å²) >= 11 is 0. The van der Waals surface area contributed by atoms with Crippen molar-refractivity contribution in [3.63, 3.8) is 0 Å². The maximum absolute atomic E-state index is 11.1. The first-order valence-corrected chi connectivity index (χ1v) is 5.21. The molecule has 1 unspecified atom stereocenters. The predicted molar refractivity (Wildman–Crippen MR) is 59.9 cm³/mol.